The molecule has 2 aliphatic carbocycles. The fourth-order valence-electron chi connectivity index (χ4n) is 5.06. The third kappa shape index (κ3) is 3.34. The fourth-order valence-corrected chi connectivity index (χ4v) is 8.08. The van der Waals surface area contributed by atoms with Crippen LogP contribution in [0.15, 0.2) is 0 Å². The van der Waals surface area contributed by atoms with E-state index >= 15 is 0 Å². The Morgan fingerprint density at radius 2 is 1.32 bits per heavy atom. The smallest absolute Gasteiger partial charge is 0.0794 e. The van der Waals surface area contributed by atoms with Gasteiger partial charge < -0.3 is 5.11 Å². The lowest BCUT2D eigenvalue weighted by Crippen LogP contribution is -2.52. The highest BCUT2D eigenvalue weighted by Gasteiger charge is 2.38. The summed E-state index contributed by atoms with van der Waals surface area (Å²) >= 11 is 4.35. The Balaban J connectivity index is 1.31. The zero-order valence-electron chi connectivity index (χ0n) is 13.5. The van der Waals surface area contributed by atoms with Gasteiger partial charge in [0.1, 0.15) is 0 Å². The molecule has 0 aromatic heterocycles. The predicted octanol–water partition coefficient (Wildman–Crippen LogP) is 2.29. The molecule has 2 saturated heterocycles. The van der Waals surface area contributed by atoms with E-state index in [1.807, 2.05) is 0 Å². The third-order valence-corrected chi connectivity index (χ3v) is 8.88. The van der Waals surface area contributed by atoms with Gasteiger partial charge in [0.25, 0.3) is 0 Å². The van der Waals surface area contributed by atoms with Gasteiger partial charge in [-0.05, 0) is 25.7 Å². The van der Waals surface area contributed by atoms with E-state index in [4.69, 9.17) is 0 Å². The second-order valence-corrected chi connectivity index (χ2v) is 10.2. The van der Waals surface area contributed by atoms with Crippen LogP contribution in [-0.4, -0.2) is 81.3 Å². The van der Waals surface area contributed by atoms with Crippen molar-refractivity contribution in [2.24, 2.45) is 0 Å². The molecule has 3 nitrogen and oxygen atoms in total. The van der Waals surface area contributed by atoms with Crippen molar-refractivity contribution >= 4 is 23.5 Å². The van der Waals surface area contributed by atoms with E-state index in [1.165, 1.54) is 63.1 Å². The largest absolute Gasteiger partial charge is 0.390 e. The number of hydrogen-bond acceptors (Lipinski definition) is 5. The van der Waals surface area contributed by atoms with Crippen molar-refractivity contribution < 1.29 is 5.11 Å². The summed E-state index contributed by atoms with van der Waals surface area (Å²) in [6.07, 6.45) is 8.13. The summed E-state index contributed by atoms with van der Waals surface area (Å²) in [6, 6.07) is 1.51. The molecule has 126 valence electrons. The summed E-state index contributed by atoms with van der Waals surface area (Å²) in [5.41, 5.74) is 0. The number of rotatable bonds is 4. The topological polar surface area (TPSA) is 26.7 Å². The predicted molar refractivity (Wildman–Crippen MR) is 96.9 cm³/mol. The number of aliphatic hydroxyl groups excluding tert-OH is 1. The highest BCUT2D eigenvalue weighted by atomic mass is 32.2. The molecule has 2 saturated carbocycles. The summed E-state index contributed by atoms with van der Waals surface area (Å²) in [5.74, 6) is 2.53. The van der Waals surface area contributed by atoms with Crippen LogP contribution in [0.5, 0.6) is 0 Å². The van der Waals surface area contributed by atoms with Gasteiger partial charge in [0, 0.05) is 60.3 Å². The molecule has 4 unspecified atom stereocenters. The summed E-state index contributed by atoms with van der Waals surface area (Å²) in [7, 11) is 0. The minimum atomic E-state index is -0.159. The number of β-amino-alcohol motifs (C(OH)–C–C–N with tert-alkyl or cyclic N) is 1. The first kappa shape index (κ1) is 16.1. The average molecular weight is 343 g/mol. The van der Waals surface area contributed by atoms with E-state index in [2.05, 4.69) is 33.3 Å². The van der Waals surface area contributed by atoms with Gasteiger partial charge >= 0.3 is 0 Å². The zero-order valence-corrected chi connectivity index (χ0v) is 15.2. The molecule has 4 atom stereocenters. The second kappa shape index (κ2) is 7.22. The molecule has 0 spiro atoms. The van der Waals surface area contributed by atoms with Crippen molar-refractivity contribution in [1.29, 1.82) is 0 Å². The van der Waals surface area contributed by atoms with Gasteiger partial charge in [0.2, 0.25) is 0 Å². The Morgan fingerprint density at radius 1 is 0.818 bits per heavy atom. The Bertz CT molecular complexity index is 350. The molecule has 2 heterocycles. The van der Waals surface area contributed by atoms with Crippen LogP contribution in [0.25, 0.3) is 0 Å². The van der Waals surface area contributed by atoms with Gasteiger partial charge in [-0.1, -0.05) is 12.8 Å². The lowest BCUT2D eigenvalue weighted by molar-refractivity contribution is 0.0486. The highest BCUT2D eigenvalue weighted by molar-refractivity contribution is 8.00. The van der Waals surface area contributed by atoms with Crippen LogP contribution in [-0.2, 0) is 0 Å². The van der Waals surface area contributed by atoms with Gasteiger partial charge in [0.05, 0.1) is 6.10 Å². The van der Waals surface area contributed by atoms with E-state index in [9.17, 15) is 5.11 Å². The van der Waals surface area contributed by atoms with Crippen molar-refractivity contribution in [3.8, 4) is 0 Å². The third-order valence-electron chi connectivity index (χ3n) is 6.08. The van der Waals surface area contributed by atoms with Gasteiger partial charge in [-0.2, -0.15) is 23.5 Å². The van der Waals surface area contributed by atoms with Gasteiger partial charge in [0.15, 0.2) is 0 Å². The molecule has 0 radical (unpaired) electrons. The van der Waals surface area contributed by atoms with Gasteiger partial charge in [-0.15, -0.1) is 0 Å². The molecule has 0 aromatic carbocycles. The quantitative estimate of drug-likeness (QED) is 0.846. The van der Waals surface area contributed by atoms with Crippen molar-refractivity contribution in [2.75, 3.05) is 37.7 Å². The van der Waals surface area contributed by atoms with Crippen molar-refractivity contribution in [1.82, 2.24) is 9.80 Å². The number of fused-ring (bicyclic) bond motifs is 2. The maximum Gasteiger partial charge on any atom is 0.0794 e. The Hall–Kier alpha value is 0.580. The first-order chi connectivity index (χ1) is 10.8. The van der Waals surface area contributed by atoms with Crippen LogP contribution in [0.4, 0.5) is 0 Å². The number of thioether (sulfide) groups is 2. The van der Waals surface area contributed by atoms with E-state index in [1.54, 1.807) is 0 Å². The monoisotopic (exact) mass is 342 g/mol. The van der Waals surface area contributed by atoms with Gasteiger partial charge in [-0.3, -0.25) is 9.80 Å². The summed E-state index contributed by atoms with van der Waals surface area (Å²) in [5, 5.41) is 12.4. The molecule has 4 rings (SSSR count). The Morgan fingerprint density at radius 3 is 1.82 bits per heavy atom. The molecule has 1 N–H and O–H groups in total. The summed E-state index contributed by atoms with van der Waals surface area (Å²) < 4.78 is 0. The minimum absolute atomic E-state index is 0.159. The van der Waals surface area contributed by atoms with Crippen LogP contribution in [0, 0.1) is 0 Å². The number of aliphatic hydroxyl groups is 1. The SMILES string of the molecule is OC(CN1CCSC2CCCC21)CN1CCSC2CCCC21. The zero-order chi connectivity index (χ0) is 14.9. The molecule has 5 heteroatoms. The van der Waals surface area contributed by atoms with E-state index in [0.29, 0.717) is 0 Å². The summed E-state index contributed by atoms with van der Waals surface area (Å²) in [4.78, 5) is 5.23. The maximum absolute atomic E-state index is 10.7. The normalized spacial score (nSPS) is 41.3. The van der Waals surface area contributed by atoms with Crippen molar-refractivity contribution in [3.63, 3.8) is 0 Å². The van der Waals surface area contributed by atoms with Gasteiger partial charge in [-0.25, -0.2) is 0 Å². The molecule has 0 aromatic rings. The molecular weight excluding hydrogens is 312 g/mol. The summed E-state index contributed by atoms with van der Waals surface area (Å²) in [6.45, 7) is 4.18. The first-order valence-corrected chi connectivity index (χ1v) is 11.3. The van der Waals surface area contributed by atoms with Crippen LogP contribution in [0.3, 0.4) is 0 Å². The van der Waals surface area contributed by atoms with Crippen molar-refractivity contribution in [2.45, 2.75) is 67.2 Å². The number of hydrogen-bond donors (Lipinski definition) is 1. The molecule has 4 aliphatic rings. The van der Waals surface area contributed by atoms with Crippen LogP contribution >= 0.6 is 23.5 Å². The lowest BCUT2D eigenvalue weighted by atomic mass is 10.1. The van der Waals surface area contributed by atoms with Crippen LogP contribution in [0.2, 0.25) is 0 Å². The van der Waals surface area contributed by atoms with Crippen LogP contribution in [0.1, 0.15) is 38.5 Å². The lowest BCUT2D eigenvalue weighted by Gasteiger charge is -2.41. The van der Waals surface area contributed by atoms with Crippen LogP contribution < -0.4 is 0 Å². The molecule has 2 aliphatic heterocycles. The standard InChI is InChI=1S/C17H30N2OS2/c20-13(11-18-7-9-21-16-5-1-3-14(16)18)12-19-8-10-22-17-6-2-4-15(17)19/h13-17,20H,1-12H2. The minimum Gasteiger partial charge on any atom is -0.390 e. The average Bonchev–Trinajstić information content (AvgIpc) is 3.16. The number of nitrogens with zero attached hydrogens (tertiary/aromatic N) is 2. The maximum atomic E-state index is 10.7. The molecular formula is C17H30N2OS2. The second-order valence-electron chi connectivity index (χ2n) is 7.46. The fraction of sp³-hybridized carbons (Fsp3) is 1.00. The molecule has 0 bridgehead atoms. The van der Waals surface area contributed by atoms with Crippen molar-refractivity contribution in [3.05, 3.63) is 0 Å². The molecule has 22 heavy (non-hydrogen) atoms. The van der Waals surface area contributed by atoms with E-state index in [-0.39, 0.29) is 6.10 Å². The highest BCUT2D eigenvalue weighted by Crippen LogP contribution is 2.38. The van der Waals surface area contributed by atoms with E-state index in [0.717, 1.165) is 35.7 Å². The first-order valence-electron chi connectivity index (χ1n) is 9.20. The molecule has 0 amide bonds. The molecule has 4 fully saturated rings. The Labute approximate surface area is 143 Å². The van der Waals surface area contributed by atoms with E-state index < -0.39 is 0 Å². The Kier molecular flexibility index (Phi) is 5.27.